The number of methoxy groups -OCH3 is 2. The summed E-state index contributed by atoms with van der Waals surface area (Å²) in [7, 11) is 3.36. The van der Waals surface area contributed by atoms with Gasteiger partial charge in [0.05, 0.1) is 26.3 Å². The van der Waals surface area contributed by atoms with Crippen molar-refractivity contribution in [3.63, 3.8) is 0 Å². The van der Waals surface area contributed by atoms with E-state index in [1.807, 2.05) is 4.68 Å². The Kier molecular flexibility index (Phi) is 4.72. The average molecular weight is 422 g/mol. The van der Waals surface area contributed by atoms with Crippen LogP contribution in [-0.2, 0) is 19.6 Å². The number of nitrogens with one attached hydrogen (secondary N) is 1. The van der Waals surface area contributed by atoms with Crippen LogP contribution in [0.3, 0.4) is 0 Å². The molecule has 1 unspecified atom stereocenters. The lowest BCUT2D eigenvalue weighted by molar-refractivity contribution is -0.939. The summed E-state index contributed by atoms with van der Waals surface area (Å²) in [5.41, 5.74) is 5.85. The monoisotopic (exact) mass is 421 g/mol. The van der Waals surface area contributed by atoms with Gasteiger partial charge in [0.25, 0.3) is 0 Å². The Hall–Kier alpha value is -2.90. The lowest BCUT2D eigenvalue weighted by Gasteiger charge is -2.26. The van der Waals surface area contributed by atoms with E-state index in [1.165, 1.54) is 27.0 Å². The molecule has 5 rings (SSSR count). The average Bonchev–Trinajstić information content (AvgIpc) is 3.07. The van der Waals surface area contributed by atoms with Gasteiger partial charge in [-0.2, -0.15) is 4.68 Å². The van der Waals surface area contributed by atoms with E-state index in [2.05, 4.69) is 53.8 Å². The zero-order valence-electron chi connectivity index (χ0n) is 17.4. The first-order valence-corrected chi connectivity index (χ1v) is 10.5. The highest BCUT2D eigenvalue weighted by molar-refractivity contribution is 7.71. The largest absolute Gasteiger partial charge is 0.493 e. The van der Waals surface area contributed by atoms with Crippen LogP contribution in [0, 0.1) is 11.7 Å². The fourth-order valence-corrected chi connectivity index (χ4v) is 4.79. The quantitative estimate of drug-likeness (QED) is 0.515. The van der Waals surface area contributed by atoms with Crippen molar-refractivity contribution in [3.8, 4) is 11.5 Å². The van der Waals surface area contributed by atoms with E-state index in [0.717, 1.165) is 53.6 Å². The lowest BCUT2D eigenvalue weighted by Crippen LogP contribution is -3.11. The van der Waals surface area contributed by atoms with Gasteiger partial charge in [-0.15, -0.1) is 5.10 Å². The highest BCUT2D eigenvalue weighted by Crippen LogP contribution is 2.31. The second-order valence-corrected chi connectivity index (χ2v) is 8.25. The second kappa shape index (κ2) is 7.41. The van der Waals surface area contributed by atoms with Crippen LogP contribution in [0.4, 0.5) is 0 Å². The Labute approximate surface area is 180 Å². The summed E-state index contributed by atoms with van der Waals surface area (Å²) in [6.07, 6.45) is 0.994. The maximum atomic E-state index is 5.83. The molecule has 0 aliphatic carbocycles. The van der Waals surface area contributed by atoms with Crippen molar-refractivity contribution in [1.29, 1.82) is 0 Å². The van der Waals surface area contributed by atoms with Gasteiger partial charge in [-0.05, 0) is 54.5 Å². The molecule has 7 heteroatoms. The van der Waals surface area contributed by atoms with Crippen molar-refractivity contribution >= 4 is 28.8 Å². The van der Waals surface area contributed by atoms with Crippen LogP contribution in [0.1, 0.15) is 16.7 Å². The number of hydrogen-bond donors (Lipinski definition) is 1. The van der Waals surface area contributed by atoms with E-state index in [4.69, 9.17) is 26.8 Å². The maximum Gasteiger partial charge on any atom is 0.207 e. The van der Waals surface area contributed by atoms with Crippen LogP contribution < -0.4 is 14.4 Å². The third-order valence-electron chi connectivity index (χ3n) is 6.05. The lowest BCUT2D eigenvalue weighted by atomic mass is 9.99. The van der Waals surface area contributed by atoms with Crippen LogP contribution in [0.25, 0.3) is 16.6 Å². The SMILES string of the molecule is COc1cc2c(cc1OC)C[NH+](Cn1nc3cc(C)c4ccccc4n3c1=S)CC2. The molecule has 0 bridgehead atoms. The first-order valence-electron chi connectivity index (χ1n) is 10.1. The Balaban J connectivity index is 1.49. The molecule has 6 nitrogen and oxygen atoms in total. The van der Waals surface area contributed by atoms with Gasteiger partial charge in [0, 0.05) is 17.4 Å². The van der Waals surface area contributed by atoms with E-state index in [-0.39, 0.29) is 0 Å². The fourth-order valence-electron chi connectivity index (χ4n) is 4.50. The maximum absolute atomic E-state index is 5.83. The van der Waals surface area contributed by atoms with Crippen LogP contribution in [0.15, 0.2) is 42.5 Å². The molecule has 0 saturated heterocycles. The van der Waals surface area contributed by atoms with Gasteiger partial charge in [-0.3, -0.25) is 4.40 Å². The molecule has 1 atom stereocenters. The third kappa shape index (κ3) is 3.05. The fraction of sp³-hybridized carbons (Fsp3) is 0.304. The number of para-hydroxylation sites is 1. The Morgan fingerprint density at radius 3 is 2.57 bits per heavy atom. The summed E-state index contributed by atoms with van der Waals surface area (Å²) in [4.78, 5) is 1.43. The zero-order chi connectivity index (χ0) is 20.8. The van der Waals surface area contributed by atoms with Gasteiger partial charge in [-0.1, -0.05) is 18.2 Å². The molecule has 1 aliphatic rings. The van der Waals surface area contributed by atoms with Gasteiger partial charge in [0.15, 0.2) is 23.8 Å². The number of pyridine rings is 1. The number of ether oxygens (including phenoxy) is 2. The summed E-state index contributed by atoms with van der Waals surface area (Å²) >= 11 is 5.83. The summed E-state index contributed by atoms with van der Waals surface area (Å²) < 4.78 is 15.8. The molecule has 4 aromatic rings. The predicted molar refractivity (Wildman–Crippen MR) is 119 cm³/mol. The second-order valence-electron chi connectivity index (χ2n) is 7.88. The molecule has 0 amide bonds. The zero-order valence-corrected chi connectivity index (χ0v) is 18.3. The highest BCUT2D eigenvalue weighted by Gasteiger charge is 2.23. The van der Waals surface area contributed by atoms with Crippen LogP contribution in [-0.4, -0.2) is 34.9 Å². The van der Waals surface area contributed by atoms with Crippen LogP contribution in [0.5, 0.6) is 11.5 Å². The van der Waals surface area contributed by atoms with Crippen molar-refractivity contribution in [1.82, 2.24) is 14.2 Å². The third-order valence-corrected chi connectivity index (χ3v) is 6.44. The van der Waals surface area contributed by atoms with E-state index >= 15 is 0 Å². The minimum absolute atomic E-state index is 0.738. The summed E-state index contributed by atoms with van der Waals surface area (Å²) in [6.45, 7) is 4.80. The number of aryl methyl sites for hydroxylation is 1. The molecule has 2 aromatic heterocycles. The number of hydrogen-bond acceptors (Lipinski definition) is 4. The molecule has 3 heterocycles. The van der Waals surface area contributed by atoms with E-state index in [0.29, 0.717) is 0 Å². The van der Waals surface area contributed by atoms with E-state index in [1.54, 1.807) is 14.2 Å². The Bertz CT molecular complexity index is 1320. The molecule has 0 spiro atoms. The molecule has 0 fully saturated rings. The van der Waals surface area contributed by atoms with Gasteiger partial charge in [0.2, 0.25) is 4.77 Å². The number of rotatable bonds is 4. The molecule has 2 aromatic carbocycles. The first kappa shape index (κ1) is 19.1. The number of quaternary nitrogens is 1. The normalized spacial score (nSPS) is 16.0. The standard InChI is InChI=1S/C23H24N4O2S/c1-15-10-22-24-26(23(30)27(22)19-7-5-4-6-18(15)19)14-25-9-8-16-11-20(28-2)21(29-3)12-17(16)13-25/h4-7,10-12H,8-9,13-14H2,1-3H3/p+1. The molecular formula is C23H25N4O2S+. The summed E-state index contributed by atoms with van der Waals surface area (Å²) in [5.74, 6) is 1.58. The molecule has 1 aliphatic heterocycles. The minimum atomic E-state index is 0.738. The van der Waals surface area contributed by atoms with Gasteiger partial charge in [-0.25, -0.2) is 0 Å². The molecule has 1 N–H and O–H groups in total. The Morgan fingerprint density at radius 2 is 1.80 bits per heavy atom. The smallest absolute Gasteiger partial charge is 0.207 e. The van der Waals surface area contributed by atoms with E-state index in [9.17, 15) is 0 Å². The summed E-state index contributed by atoms with van der Waals surface area (Å²) in [6, 6.07) is 14.7. The number of aromatic nitrogens is 3. The van der Waals surface area contributed by atoms with Crippen LogP contribution in [0.2, 0.25) is 0 Å². The predicted octanol–water partition coefficient (Wildman–Crippen LogP) is 2.94. The molecule has 0 radical (unpaired) electrons. The topological polar surface area (TPSA) is 45.1 Å². The van der Waals surface area contributed by atoms with Gasteiger partial charge in [0.1, 0.15) is 6.54 Å². The van der Waals surface area contributed by atoms with Gasteiger partial charge >= 0.3 is 0 Å². The van der Waals surface area contributed by atoms with Crippen LogP contribution >= 0.6 is 12.2 Å². The Morgan fingerprint density at radius 1 is 1.07 bits per heavy atom. The molecule has 154 valence electrons. The van der Waals surface area contributed by atoms with Crippen molar-refractivity contribution in [2.75, 3.05) is 20.8 Å². The first-order chi connectivity index (χ1) is 14.6. The molecule has 0 saturated carbocycles. The van der Waals surface area contributed by atoms with Crippen molar-refractivity contribution in [2.45, 2.75) is 26.6 Å². The van der Waals surface area contributed by atoms with Crippen molar-refractivity contribution in [2.24, 2.45) is 0 Å². The number of benzene rings is 2. The van der Waals surface area contributed by atoms with Gasteiger partial charge < -0.3 is 14.4 Å². The number of fused-ring (bicyclic) bond motifs is 4. The minimum Gasteiger partial charge on any atom is -0.493 e. The van der Waals surface area contributed by atoms with E-state index < -0.39 is 0 Å². The highest BCUT2D eigenvalue weighted by atomic mass is 32.1. The molecular weight excluding hydrogens is 396 g/mol. The van der Waals surface area contributed by atoms with Crippen molar-refractivity contribution < 1.29 is 14.4 Å². The summed E-state index contributed by atoms with van der Waals surface area (Å²) in [5, 5.41) is 6.05. The molecule has 30 heavy (non-hydrogen) atoms. The number of nitrogens with zero attached hydrogens (tertiary/aromatic N) is 3. The van der Waals surface area contributed by atoms with Crippen molar-refractivity contribution in [3.05, 3.63) is 63.9 Å².